The van der Waals surface area contributed by atoms with Crippen molar-refractivity contribution in [3.8, 4) is 5.75 Å². The van der Waals surface area contributed by atoms with Crippen LogP contribution in [0, 0.1) is 0 Å². The van der Waals surface area contributed by atoms with Crippen LogP contribution in [0.4, 0.5) is 11.5 Å². The van der Waals surface area contributed by atoms with E-state index in [0.717, 1.165) is 5.56 Å². The van der Waals surface area contributed by atoms with Gasteiger partial charge >= 0.3 is 0 Å². The Bertz CT molecular complexity index is 837. The Hall–Kier alpha value is -3.41. The Balaban J connectivity index is 1.74. The Kier molecular flexibility index (Phi) is 4.67. The molecule has 2 aromatic heterocycles. The molecule has 0 saturated carbocycles. The third-order valence-electron chi connectivity index (χ3n) is 3.37. The van der Waals surface area contributed by atoms with Crippen molar-refractivity contribution in [2.75, 3.05) is 10.6 Å². The highest BCUT2D eigenvalue weighted by molar-refractivity contribution is 6.07. The van der Waals surface area contributed by atoms with Crippen molar-refractivity contribution in [2.45, 2.75) is 6.54 Å². The zero-order valence-corrected chi connectivity index (χ0v) is 12.8. The van der Waals surface area contributed by atoms with Gasteiger partial charge in [0.2, 0.25) is 0 Å². The fourth-order valence-electron chi connectivity index (χ4n) is 2.20. The minimum Gasteiger partial charge on any atom is -0.508 e. The summed E-state index contributed by atoms with van der Waals surface area (Å²) in [6.45, 7) is 0.534. The average Bonchev–Trinajstić information content (AvgIpc) is 2.61. The van der Waals surface area contributed by atoms with Gasteiger partial charge in [-0.05, 0) is 42.0 Å². The molecule has 3 N–H and O–H groups in total. The van der Waals surface area contributed by atoms with Gasteiger partial charge in [-0.25, -0.2) is 4.98 Å². The number of benzene rings is 1. The third-order valence-corrected chi connectivity index (χ3v) is 3.37. The van der Waals surface area contributed by atoms with Gasteiger partial charge in [-0.15, -0.1) is 0 Å². The van der Waals surface area contributed by atoms with Gasteiger partial charge in [0.1, 0.15) is 11.6 Å². The van der Waals surface area contributed by atoms with Gasteiger partial charge < -0.3 is 15.7 Å². The van der Waals surface area contributed by atoms with E-state index < -0.39 is 0 Å². The first-order valence-electron chi connectivity index (χ1n) is 7.40. The Morgan fingerprint density at radius 1 is 1.04 bits per heavy atom. The summed E-state index contributed by atoms with van der Waals surface area (Å²) in [5.74, 6) is 0.285. The smallest absolute Gasteiger partial charge is 0.259 e. The van der Waals surface area contributed by atoms with Gasteiger partial charge in [-0.1, -0.05) is 6.07 Å². The van der Waals surface area contributed by atoms with E-state index in [1.54, 1.807) is 48.9 Å². The molecule has 24 heavy (non-hydrogen) atoms. The van der Waals surface area contributed by atoms with Crippen LogP contribution >= 0.6 is 0 Å². The summed E-state index contributed by atoms with van der Waals surface area (Å²) >= 11 is 0. The lowest BCUT2D eigenvalue weighted by Gasteiger charge is -2.11. The summed E-state index contributed by atoms with van der Waals surface area (Å²) in [5, 5.41) is 15.4. The van der Waals surface area contributed by atoms with Crippen molar-refractivity contribution in [3.63, 3.8) is 0 Å². The number of carbonyl (C=O) groups excluding carboxylic acids is 1. The number of phenols is 1. The zero-order chi connectivity index (χ0) is 16.8. The average molecular weight is 320 g/mol. The Morgan fingerprint density at radius 3 is 2.67 bits per heavy atom. The molecule has 1 amide bonds. The van der Waals surface area contributed by atoms with Crippen LogP contribution in [0.2, 0.25) is 0 Å². The standard InChI is InChI=1S/C18H16N4O2/c23-15-4-1-3-14(11-15)22-18(24)16-5-2-8-20-17(16)21-12-13-6-9-19-10-7-13/h1-11,23H,12H2,(H,20,21)(H,22,24). The lowest BCUT2D eigenvalue weighted by molar-refractivity contribution is 0.102. The molecule has 6 heteroatoms. The van der Waals surface area contributed by atoms with Gasteiger partial charge in [-0.3, -0.25) is 9.78 Å². The highest BCUT2D eigenvalue weighted by atomic mass is 16.3. The van der Waals surface area contributed by atoms with Crippen LogP contribution in [-0.2, 0) is 6.54 Å². The molecular formula is C18H16N4O2. The molecule has 0 fully saturated rings. The van der Waals surface area contributed by atoms with E-state index in [2.05, 4.69) is 20.6 Å². The molecule has 0 bridgehead atoms. The Morgan fingerprint density at radius 2 is 1.88 bits per heavy atom. The number of rotatable bonds is 5. The predicted octanol–water partition coefficient (Wildman–Crippen LogP) is 3.05. The normalized spacial score (nSPS) is 10.2. The van der Waals surface area contributed by atoms with Crippen LogP contribution < -0.4 is 10.6 Å². The number of hydrogen-bond donors (Lipinski definition) is 3. The topological polar surface area (TPSA) is 87.1 Å². The number of amides is 1. The second kappa shape index (κ2) is 7.23. The van der Waals surface area contributed by atoms with Crippen LogP contribution in [0.25, 0.3) is 0 Å². The molecule has 0 aliphatic rings. The lowest BCUT2D eigenvalue weighted by atomic mass is 10.2. The number of aromatic hydroxyl groups is 1. The van der Waals surface area contributed by atoms with E-state index in [-0.39, 0.29) is 11.7 Å². The summed E-state index contributed by atoms with van der Waals surface area (Å²) in [6, 6.07) is 13.6. The van der Waals surface area contributed by atoms with Crippen molar-refractivity contribution in [2.24, 2.45) is 0 Å². The van der Waals surface area contributed by atoms with Crippen LogP contribution in [0.1, 0.15) is 15.9 Å². The van der Waals surface area contributed by atoms with E-state index in [9.17, 15) is 9.90 Å². The number of nitrogens with zero attached hydrogens (tertiary/aromatic N) is 2. The molecule has 0 unspecified atom stereocenters. The van der Waals surface area contributed by atoms with Gasteiger partial charge in [0.05, 0.1) is 5.56 Å². The second-order valence-electron chi connectivity index (χ2n) is 5.11. The maximum absolute atomic E-state index is 12.5. The lowest BCUT2D eigenvalue weighted by Crippen LogP contribution is -2.15. The minimum atomic E-state index is -0.300. The number of aromatic nitrogens is 2. The molecule has 0 atom stereocenters. The van der Waals surface area contributed by atoms with Crippen LogP contribution in [0.5, 0.6) is 5.75 Å². The van der Waals surface area contributed by atoms with E-state index in [1.165, 1.54) is 6.07 Å². The summed E-state index contributed by atoms with van der Waals surface area (Å²) < 4.78 is 0. The molecule has 6 nitrogen and oxygen atoms in total. The van der Waals surface area contributed by atoms with Crippen molar-refractivity contribution in [1.29, 1.82) is 0 Å². The van der Waals surface area contributed by atoms with Gasteiger partial charge in [-0.2, -0.15) is 0 Å². The maximum atomic E-state index is 12.5. The van der Waals surface area contributed by atoms with Crippen molar-refractivity contribution in [1.82, 2.24) is 9.97 Å². The van der Waals surface area contributed by atoms with E-state index in [4.69, 9.17) is 0 Å². The number of nitrogens with one attached hydrogen (secondary N) is 2. The number of hydrogen-bond acceptors (Lipinski definition) is 5. The van der Waals surface area contributed by atoms with E-state index in [1.807, 2.05) is 12.1 Å². The first-order valence-corrected chi connectivity index (χ1v) is 7.40. The van der Waals surface area contributed by atoms with Crippen molar-refractivity contribution >= 4 is 17.4 Å². The van der Waals surface area contributed by atoms with Crippen LogP contribution in [0.3, 0.4) is 0 Å². The minimum absolute atomic E-state index is 0.0926. The first kappa shape index (κ1) is 15.5. The first-order chi connectivity index (χ1) is 11.7. The summed E-state index contributed by atoms with van der Waals surface area (Å²) in [4.78, 5) is 20.7. The number of pyridine rings is 2. The summed E-state index contributed by atoms with van der Waals surface area (Å²) in [5.41, 5.74) is 1.98. The number of carbonyl (C=O) groups is 1. The monoisotopic (exact) mass is 320 g/mol. The highest BCUT2D eigenvalue weighted by Gasteiger charge is 2.12. The van der Waals surface area contributed by atoms with Gasteiger partial charge in [0.15, 0.2) is 0 Å². The second-order valence-corrected chi connectivity index (χ2v) is 5.11. The molecule has 2 heterocycles. The maximum Gasteiger partial charge on any atom is 0.259 e. The van der Waals surface area contributed by atoms with Crippen molar-refractivity contribution < 1.29 is 9.90 Å². The molecule has 1 aromatic carbocycles. The van der Waals surface area contributed by atoms with E-state index >= 15 is 0 Å². The fraction of sp³-hybridized carbons (Fsp3) is 0.0556. The largest absolute Gasteiger partial charge is 0.508 e. The predicted molar refractivity (Wildman–Crippen MR) is 91.9 cm³/mol. The molecule has 120 valence electrons. The Labute approximate surface area is 139 Å². The molecule has 0 aliphatic carbocycles. The number of anilines is 2. The van der Waals surface area contributed by atoms with E-state index in [0.29, 0.717) is 23.6 Å². The quantitative estimate of drug-likeness (QED) is 0.672. The molecule has 0 saturated heterocycles. The summed E-state index contributed by atoms with van der Waals surface area (Å²) in [6.07, 6.45) is 5.05. The molecule has 0 radical (unpaired) electrons. The van der Waals surface area contributed by atoms with Crippen LogP contribution in [-0.4, -0.2) is 21.0 Å². The number of phenolic OH excluding ortho intramolecular Hbond substituents is 1. The fourth-order valence-corrected chi connectivity index (χ4v) is 2.20. The molecule has 0 aliphatic heterocycles. The van der Waals surface area contributed by atoms with Crippen molar-refractivity contribution in [3.05, 3.63) is 78.2 Å². The third kappa shape index (κ3) is 3.86. The zero-order valence-electron chi connectivity index (χ0n) is 12.8. The van der Waals surface area contributed by atoms with Gasteiger partial charge in [0, 0.05) is 36.9 Å². The molecule has 3 rings (SSSR count). The molecule has 0 spiro atoms. The molecule has 3 aromatic rings. The van der Waals surface area contributed by atoms with Crippen LogP contribution in [0.15, 0.2) is 67.1 Å². The summed E-state index contributed by atoms with van der Waals surface area (Å²) in [7, 11) is 0. The van der Waals surface area contributed by atoms with Gasteiger partial charge in [0.25, 0.3) is 5.91 Å². The highest BCUT2D eigenvalue weighted by Crippen LogP contribution is 2.18. The molecular weight excluding hydrogens is 304 g/mol. The SMILES string of the molecule is O=C(Nc1cccc(O)c1)c1cccnc1NCc1ccncc1.